The fourth-order valence-corrected chi connectivity index (χ4v) is 1.51. The topological polar surface area (TPSA) is 84.5 Å². The van der Waals surface area contributed by atoms with Crippen LogP contribution in [0.15, 0.2) is 6.07 Å². The van der Waals surface area contributed by atoms with Crippen LogP contribution in [0.2, 0.25) is 0 Å². The molecule has 0 saturated heterocycles. The van der Waals surface area contributed by atoms with Gasteiger partial charge in [-0.3, -0.25) is 0 Å². The van der Waals surface area contributed by atoms with Crippen LogP contribution in [-0.2, 0) is 11.3 Å². The molecule has 0 aliphatic carbocycles. The molecule has 1 aromatic heterocycles. The second kappa shape index (κ2) is 7.80. The Morgan fingerprint density at radius 2 is 2.21 bits per heavy atom. The number of ether oxygens (including phenoxy) is 1. The number of hydrogen-bond acceptors (Lipinski definition) is 6. The zero-order chi connectivity index (χ0) is 14.3. The van der Waals surface area contributed by atoms with Crippen molar-refractivity contribution in [2.45, 2.75) is 20.0 Å². The summed E-state index contributed by atoms with van der Waals surface area (Å²) in [4.78, 5) is 9.33. The minimum absolute atomic E-state index is 0.0505. The van der Waals surface area contributed by atoms with Gasteiger partial charge in [0.1, 0.15) is 18.2 Å². The van der Waals surface area contributed by atoms with Crippen molar-refractivity contribution in [2.24, 2.45) is 0 Å². The minimum atomic E-state index is -2.53. The van der Waals surface area contributed by atoms with E-state index in [1.54, 1.807) is 0 Å². The number of nitrogens with zero attached hydrogens (tertiary/aromatic N) is 3. The van der Waals surface area contributed by atoms with E-state index in [4.69, 9.17) is 15.6 Å². The van der Waals surface area contributed by atoms with Gasteiger partial charge in [-0.2, -0.15) is 0 Å². The third-order valence-corrected chi connectivity index (χ3v) is 2.27. The van der Waals surface area contributed by atoms with E-state index in [2.05, 4.69) is 9.97 Å². The van der Waals surface area contributed by atoms with Crippen LogP contribution >= 0.6 is 0 Å². The molecule has 8 heteroatoms. The number of hydrogen-bond donors (Lipinski definition) is 2. The summed E-state index contributed by atoms with van der Waals surface area (Å²) in [6.07, 6.45) is -2.53. The van der Waals surface area contributed by atoms with Crippen molar-refractivity contribution in [3.05, 3.63) is 11.9 Å². The standard InChI is InChI=1S/C11H18F2N4O2/c1-2-19-7-10-15-9(14)5-11(16-10)17(3-4-18)6-8(12)13/h5,8,18H,2-4,6-7H2,1H3,(H2,14,15,16). The fourth-order valence-electron chi connectivity index (χ4n) is 1.51. The Morgan fingerprint density at radius 3 is 2.79 bits per heavy atom. The highest BCUT2D eigenvalue weighted by Crippen LogP contribution is 2.15. The fraction of sp³-hybridized carbons (Fsp3) is 0.636. The molecule has 108 valence electrons. The van der Waals surface area contributed by atoms with Crippen LogP contribution in [0.3, 0.4) is 0 Å². The maximum atomic E-state index is 12.5. The summed E-state index contributed by atoms with van der Waals surface area (Å²) in [5.41, 5.74) is 5.61. The monoisotopic (exact) mass is 276 g/mol. The van der Waals surface area contributed by atoms with Crippen LogP contribution in [0.4, 0.5) is 20.4 Å². The van der Waals surface area contributed by atoms with Crippen LogP contribution in [-0.4, -0.2) is 47.8 Å². The average Bonchev–Trinajstić information content (AvgIpc) is 2.34. The molecule has 0 atom stereocenters. The number of aliphatic hydroxyl groups excluding tert-OH is 1. The van der Waals surface area contributed by atoms with Crippen molar-refractivity contribution < 1.29 is 18.6 Å². The minimum Gasteiger partial charge on any atom is -0.395 e. The Kier molecular flexibility index (Phi) is 6.37. The van der Waals surface area contributed by atoms with E-state index in [1.807, 2.05) is 6.92 Å². The summed E-state index contributed by atoms with van der Waals surface area (Å²) in [5, 5.41) is 8.91. The lowest BCUT2D eigenvalue weighted by Gasteiger charge is -2.22. The van der Waals surface area contributed by atoms with Crippen molar-refractivity contribution in [2.75, 3.05) is 36.9 Å². The Labute approximate surface area is 110 Å². The number of nitrogen functional groups attached to an aromatic ring is 1. The Bertz CT molecular complexity index is 393. The Hall–Kier alpha value is -1.54. The van der Waals surface area contributed by atoms with Gasteiger partial charge >= 0.3 is 0 Å². The summed E-state index contributed by atoms with van der Waals surface area (Å²) in [6, 6.07) is 1.40. The molecule has 0 unspecified atom stereocenters. The van der Waals surface area contributed by atoms with Gasteiger partial charge in [-0.15, -0.1) is 0 Å². The summed E-state index contributed by atoms with van der Waals surface area (Å²) in [6.45, 7) is 1.75. The first-order chi connectivity index (χ1) is 9.06. The van der Waals surface area contributed by atoms with Crippen LogP contribution in [0.5, 0.6) is 0 Å². The number of alkyl halides is 2. The first kappa shape index (κ1) is 15.5. The molecule has 0 amide bonds. The summed E-state index contributed by atoms with van der Waals surface area (Å²) >= 11 is 0. The number of aliphatic hydroxyl groups is 1. The zero-order valence-electron chi connectivity index (χ0n) is 10.7. The molecule has 0 fully saturated rings. The molecule has 19 heavy (non-hydrogen) atoms. The molecular weight excluding hydrogens is 258 g/mol. The smallest absolute Gasteiger partial charge is 0.255 e. The van der Waals surface area contributed by atoms with E-state index in [0.717, 1.165) is 0 Å². The van der Waals surface area contributed by atoms with Crippen LogP contribution in [0, 0.1) is 0 Å². The second-order valence-corrected chi connectivity index (χ2v) is 3.77. The highest BCUT2D eigenvalue weighted by molar-refractivity contribution is 5.47. The highest BCUT2D eigenvalue weighted by atomic mass is 19.3. The van der Waals surface area contributed by atoms with Gasteiger partial charge in [-0.05, 0) is 6.92 Å². The van der Waals surface area contributed by atoms with Crippen molar-refractivity contribution in [1.29, 1.82) is 0 Å². The predicted molar refractivity (Wildman–Crippen MR) is 67.1 cm³/mol. The summed E-state index contributed by atoms with van der Waals surface area (Å²) < 4.78 is 30.1. The number of nitrogens with two attached hydrogens (primary N) is 1. The number of anilines is 2. The van der Waals surface area contributed by atoms with Gasteiger partial charge in [-0.1, -0.05) is 0 Å². The van der Waals surface area contributed by atoms with Crippen molar-refractivity contribution >= 4 is 11.6 Å². The van der Waals surface area contributed by atoms with Crippen molar-refractivity contribution in [1.82, 2.24) is 9.97 Å². The molecule has 0 radical (unpaired) electrons. The molecule has 0 aromatic carbocycles. The predicted octanol–water partition coefficient (Wildman–Crippen LogP) is 0.659. The zero-order valence-corrected chi connectivity index (χ0v) is 10.7. The van der Waals surface area contributed by atoms with Gasteiger partial charge < -0.3 is 20.5 Å². The van der Waals surface area contributed by atoms with Crippen LogP contribution in [0.1, 0.15) is 12.7 Å². The third-order valence-electron chi connectivity index (χ3n) is 2.27. The molecule has 0 spiro atoms. The maximum absolute atomic E-state index is 12.5. The third kappa shape index (κ3) is 5.31. The Morgan fingerprint density at radius 1 is 1.47 bits per heavy atom. The SMILES string of the molecule is CCOCc1nc(N)cc(N(CCO)CC(F)F)n1. The van der Waals surface area contributed by atoms with Crippen molar-refractivity contribution in [3.8, 4) is 0 Å². The number of rotatable bonds is 8. The van der Waals surface area contributed by atoms with E-state index in [9.17, 15) is 8.78 Å². The van der Waals surface area contributed by atoms with Crippen LogP contribution < -0.4 is 10.6 Å². The molecule has 1 aromatic rings. The van der Waals surface area contributed by atoms with Gasteiger partial charge in [-0.25, -0.2) is 18.7 Å². The first-order valence-electron chi connectivity index (χ1n) is 5.92. The van der Waals surface area contributed by atoms with E-state index < -0.39 is 13.0 Å². The van der Waals surface area contributed by atoms with Gasteiger partial charge in [0.2, 0.25) is 0 Å². The van der Waals surface area contributed by atoms with Gasteiger partial charge in [0.15, 0.2) is 5.82 Å². The van der Waals surface area contributed by atoms with E-state index >= 15 is 0 Å². The molecule has 0 saturated carbocycles. The first-order valence-corrected chi connectivity index (χ1v) is 5.92. The lowest BCUT2D eigenvalue weighted by Crippen LogP contribution is -2.32. The van der Waals surface area contributed by atoms with E-state index in [-0.39, 0.29) is 31.4 Å². The summed E-state index contributed by atoms with van der Waals surface area (Å²) in [5.74, 6) is 0.766. The molecule has 0 bridgehead atoms. The lowest BCUT2D eigenvalue weighted by atomic mass is 10.4. The largest absolute Gasteiger partial charge is 0.395 e. The molecule has 0 aliphatic rings. The van der Waals surface area contributed by atoms with Gasteiger partial charge in [0.05, 0.1) is 13.2 Å². The molecule has 0 aliphatic heterocycles. The molecular formula is C11H18F2N4O2. The lowest BCUT2D eigenvalue weighted by molar-refractivity contribution is 0.128. The Balaban J connectivity index is 2.90. The molecule has 3 N–H and O–H groups in total. The second-order valence-electron chi connectivity index (χ2n) is 3.77. The van der Waals surface area contributed by atoms with Gasteiger partial charge in [0.25, 0.3) is 6.43 Å². The van der Waals surface area contributed by atoms with E-state index in [1.165, 1.54) is 11.0 Å². The quantitative estimate of drug-likeness (QED) is 0.725. The summed E-state index contributed by atoms with van der Waals surface area (Å²) in [7, 11) is 0. The van der Waals surface area contributed by atoms with Crippen molar-refractivity contribution in [3.63, 3.8) is 0 Å². The highest BCUT2D eigenvalue weighted by Gasteiger charge is 2.15. The van der Waals surface area contributed by atoms with Crippen LogP contribution in [0.25, 0.3) is 0 Å². The average molecular weight is 276 g/mol. The van der Waals surface area contributed by atoms with Gasteiger partial charge in [0, 0.05) is 19.2 Å². The molecule has 1 heterocycles. The number of aromatic nitrogens is 2. The number of halogens is 2. The normalized spacial score (nSPS) is 11.0. The maximum Gasteiger partial charge on any atom is 0.255 e. The van der Waals surface area contributed by atoms with E-state index in [0.29, 0.717) is 12.4 Å². The molecule has 1 rings (SSSR count). The molecule has 6 nitrogen and oxygen atoms in total.